The minimum atomic E-state index is -0.723. The van der Waals surface area contributed by atoms with E-state index in [0.717, 1.165) is 5.75 Å². The highest BCUT2D eigenvalue weighted by Crippen LogP contribution is 2.34. The zero-order valence-corrected chi connectivity index (χ0v) is 16.2. The number of carbonyl (C=O) groups excluding carboxylic acids is 1. The van der Waals surface area contributed by atoms with E-state index in [1.807, 2.05) is 19.1 Å². The van der Waals surface area contributed by atoms with E-state index in [-0.39, 0.29) is 16.6 Å². The first-order valence-corrected chi connectivity index (χ1v) is 9.79. The van der Waals surface area contributed by atoms with Crippen LogP contribution >= 0.6 is 23.4 Å². The maximum Gasteiger partial charge on any atom is 0.288 e. The maximum absolute atomic E-state index is 12.8. The number of hydrazone groups is 1. The van der Waals surface area contributed by atoms with E-state index in [2.05, 4.69) is 10.4 Å². The van der Waals surface area contributed by atoms with Crippen molar-refractivity contribution in [1.29, 1.82) is 0 Å². The number of amides is 1. The van der Waals surface area contributed by atoms with Gasteiger partial charge in [-0.25, -0.2) is 5.01 Å². The van der Waals surface area contributed by atoms with Gasteiger partial charge >= 0.3 is 0 Å². The van der Waals surface area contributed by atoms with Crippen LogP contribution in [0.2, 0.25) is 5.02 Å². The molecule has 2 aliphatic rings. The van der Waals surface area contributed by atoms with Gasteiger partial charge in [-0.3, -0.25) is 25.2 Å². The molecule has 0 saturated carbocycles. The smallest absolute Gasteiger partial charge is 0.288 e. The quantitative estimate of drug-likeness (QED) is 0.611. The zero-order valence-electron chi connectivity index (χ0n) is 14.6. The fraction of sp³-hybridized carbons (Fsp3) is 0.167. The van der Waals surface area contributed by atoms with Crippen LogP contribution in [0.25, 0.3) is 5.70 Å². The Morgan fingerprint density at radius 2 is 2.11 bits per heavy atom. The second-order valence-electron chi connectivity index (χ2n) is 5.97. The fourth-order valence-corrected chi connectivity index (χ4v) is 3.85. The van der Waals surface area contributed by atoms with Gasteiger partial charge in [0.25, 0.3) is 11.6 Å². The van der Waals surface area contributed by atoms with Crippen molar-refractivity contribution in [3.8, 4) is 0 Å². The molecule has 0 aliphatic carbocycles. The standard InChI is InChI=1S/C18H14ClN5O3S/c1-2-28-18-21-17(25)15-11-5-3-4-6-13(11)20-16(23(15)22-18)10-7-8-12(19)14(9-10)24(26)27/h3-9,16H,2H2,1H3,(H,21,22,25). The van der Waals surface area contributed by atoms with Gasteiger partial charge in [-0.2, -0.15) is 0 Å². The molecule has 0 spiro atoms. The van der Waals surface area contributed by atoms with E-state index in [1.165, 1.54) is 28.9 Å². The lowest BCUT2D eigenvalue weighted by Gasteiger charge is -2.34. The lowest BCUT2D eigenvalue weighted by atomic mass is 10.1. The summed E-state index contributed by atoms with van der Waals surface area (Å²) < 4.78 is 0. The number of nitro groups is 1. The third kappa shape index (κ3) is 3.12. The highest BCUT2D eigenvalue weighted by molar-refractivity contribution is 8.13. The van der Waals surface area contributed by atoms with Crippen molar-refractivity contribution < 1.29 is 9.72 Å². The third-order valence-corrected chi connectivity index (χ3v) is 5.33. The summed E-state index contributed by atoms with van der Waals surface area (Å²) in [6, 6.07) is 11.7. The van der Waals surface area contributed by atoms with Crippen LogP contribution in [0.3, 0.4) is 0 Å². The second kappa shape index (κ2) is 7.25. The average Bonchev–Trinajstić information content (AvgIpc) is 2.67. The van der Waals surface area contributed by atoms with Crippen molar-refractivity contribution in [3.05, 3.63) is 73.7 Å². The SMILES string of the molecule is CCSC1=NN2C(=c3ccccc3=NC2c2ccc(Cl)c([N+](=O)[O-])c2)C(=O)N1. The average molecular weight is 416 g/mol. The van der Waals surface area contributed by atoms with Crippen molar-refractivity contribution in [2.24, 2.45) is 10.1 Å². The van der Waals surface area contributed by atoms with Crippen LogP contribution in [0.15, 0.2) is 52.6 Å². The molecular weight excluding hydrogens is 402 g/mol. The van der Waals surface area contributed by atoms with E-state index in [4.69, 9.17) is 16.6 Å². The maximum atomic E-state index is 12.8. The molecule has 28 heavy (non-hydrogen) atoms. The molecule has 2 heterocycles. The number of hydrogen-bond acceptors (Lipinski definition) is 7. The first-order chi connectivity index (χ1) is 13.5. The van der Waals surface area contributed by atoms with Gasteiger partial charge in [0.05, 0.1) is 10.3 Å². The molecule has 0 bridgehead atoms. The molecule has 0 radical (unpaired) electrons. The Morgan fingerprint density at radius 1 is 1.32 bits per heavy atom. The predicted octanol–water partition coefficient (Wildman–Crippen LogP) is 2.14. The highest BCUT2D eigenvalue weighted by Gasteiger charge is 2.35. The third-order valence-electron chi connectivity index (χ3n) is 4.26. The number of amidine groups is 1. The van der Waals surface area contributed by atoms with E-state index in [0.29, 0.717) is 27.0 Å². The topological polar surface area (TPSA) is 100 Å². The minimum absolute atomic E-state index is 0.0382. The largest absolute Gasteiger partial charge is 0.298 e. The first kappa shape index (κ1) is 18.5. The molecule has 0 aromatic heterocycles. The lowest BCUT2D eigenvalue weighted by Crippen LogP contribution is -2.50. The van der Waals surface area contributed by atoms with E-state index < -0.39 is 11.1 Å². The molecular formula is C18H14ClN5O3S. The van der Waals surface area contributed by atoms with Crippen LogP contribution in [0.1, 0.15) is 18.7 Å². The number of fused-ring (bicyclic) bond motifs is 2. The molecule has 8 nitrogen and oxygen atoms in total. The Bertz CT molecular complexity index is 1150. The summed E-state index contributed by atoms with van der Waals surface area (Å²) in [5.41, 5.74) is 0.652. The molecule has 1 amide bonds. The summed E-state index contributed by atoms with van der Waals surface area (Å²) >= 11 is 7.34. The van der Waals surface area contributed by atoms with Crippen LogP contribution in [-0.4, -0.2) is 26.8 Å². The van der Waals surface area contributed by atoms with Gasteiger partial charge in [-0.1, -0.05) is 54.6 Å². The number of rotatable bonds is 3. The Kier molecular flexibility index (Phi) is 4.78. The summed E-state index contributed by atoms with van der Waals surface area (Å²) in [7, 11) is 0. The van der Waals surface area contributed by atoms with Crippen LogP contribution in [0.5, 0.6) is 0 Å². The number of halogens is 1. The summed E-state index contributed by atoms with van der Waals surface area (Å²) in [6.07, 6.45) is -0.723. The number of thioether (sulfide) groups is 1. The van der Waals surface area contributed by atoms with Crippen LogP contribution in [-0.2, 0) is 4.79 Å². The van der Waals surface area contributed by atoms with E-state index >= 15 is 0 Å². The van der Waals surface area contributed by atoms with Crippen LogP contribution in [0.4, 0.5) is 5.69 Å². The van der Waals surface area contributed by atoms with Crippen molar-refractivity contribution in [2.45, 2.75) is 13.1 Å². The summed E-state index contributed by atoms with van der Waals surface area (Å²) in [5.74, 6) is 0.439. The van der Waals surface area contributed by atoms with Gasteiger partial charge in [0.1, 0.15) is 10.7 Å². The van der Waals surface area contributed by atoms with Gasteiger partial charge in [-0.15, -0.1) is 5.10 Å². The Hall–Kier alpha value is -2.91. The monoisotopic (exact) mass is 415 g/mol. The van der Waals surface area contributed by atoms with E-state index in [1.54, 1.807) is 18.2 Å². The fourth-order valence-electron chi connectivity index (χ4n) is 3.08. The predicted molar refractivity (Wildman–Crippen MR) is 107 cm³/mol. The van der Waals surface area contributed by atoms with E-state index in [9.17, 15) is 14.9 Å². The molecule has 2 aromatic carbocycles. The van der Waals surface area contributed by atoms with Gasteiger partial charge < -0.3 is 0 Å². The molecule has 1 N–H and O–H groups in total. The summed E-state index contributed by atoms with van der Waals surface area (Å²) in [4.78, 5) is 28.3. The second-order valence-corrected chi connectivity index (χ2v) is 7.63. The van der Waals surface area contributed by atoms with Gasteiger partial charge in [0, 0.05) is 16.8 Å². The molecule has 1 unspecified atom stereocenters. The number of nitro benzene ring substituents is 1. The molecule has 0 saturated heterocycles. The molecule has 142 valence electrons. The molecule has 4 rings (SSSR count). The Balaban J connectivity index is 1.94. The molecule has 2 aliphatic heterocycles. The molecule has 0 fully saturated rings. The van der Waals surface area contributed by atoms with Crippen molar-refractivity contribution >= 4 is 45.8 Å². The Morgan fingerprint density at radius 3 is 2.86 bits per heavy atom. The van der Waals surface area contributed by atoms with Crippen molar-refractivity contribution in [1.82, 2.24) is 10.3 Å². The number of para-hydroxylation sites is 1. The molecule has 10 heteroatoms. The summed E-state index contributed by atoms with van der Waals surface area (Å²) in [5, 5.41) is 21.9. The number of benzene rings is 2. The Labute approximate surface area is 168 Å². The molecule has 1 atom stereocenters. The van der Waals surface area contributed by atoms with Gasteiger partial charge in [0.15, 0.2) is 11.3 Å². The highest BCUT2D eigenvalue weighted by atomic mass is 35.5. The molecule has 2 aromatic rings. The van der Waals surface area contributed by atoms with Crippen LogP contribution < -0.4 is 15.9 Å². The number of carbonyl (C=O) groups is 1. The first-order valence-electron chi connectivity index (χ1n) is 8.42. The zero-order chi connectivity index (χ0) is 19.8. The number of nitrogens with zero attached hydrogens (tertiary/aromatic N) is 4. The number of nitrogens with one attached hydrogen (secondary N) is 1. The van der Waals surface area contributed by atoms with Crippen molar-refractivity contribution in [2.75, 3.05) is 5.75 Å². The van der Waals surface area contributed by atoms with Gasteiger partial charge in [-0.05, 0) is 17.9 Å². The van der Waals surface area contributed by atoms with Crippen LogP contribution in [0, 0.1) is 10.1 Å². The van der Waals surface area contributed by atoms with Gasteiger partial charge in [0.2, 0.25) is 0 Å². The minimum Gasteiger partial charge on any atom is -0.298 e. The lowest BCUT2D eigenvalue weighted by molar-refractivity contribution is -0.384. The normalized spacial score (nSPS) is 17.9. The summed E-state index contributed by atoms with van der Waals surface area (Å²) in [6.45, 7) is 1.95. The number of hydrogen-bond donors (Lipinski definition) is 1. The van der Waals surface area contributed by atoms with Crippen molar-refractivity contribution in [3.63, 3.8) is 0 Å².